The molecule has 0 aliphatic carbocycles. The lowest BCUT2D eigenvalue weighted by Crippen LogP contribution is -2.04. The van der Waals surface area contributed by atoms with Crippen LogP contribution in [-0.4, -0.2) is 17.7 Å². The average Bonchev–Trinajstić information content (AvgIpc) is 2.87. The highest BCUT2D eigenvalue weighted by atomic mass is 19.1. The summed E-state index contributed by atoms with van der Waals surface area (Å²) in [7, 11) is 0. The Morgan fingerprint density at radius 3 is 2.85 bits per heavy atom. The van der Waals surface area contributed by atoms with Gasteiger partial charge in [-0.2, -0.15) is 0 Å². The van der Waals surface area contributed by atoms with E-state index in [-0.39, 0.29) is 23.6 Å². The zero-order valence-corrected chi connectivity index (χ0v) is 10.6. The van der Waals surface area contributed by atoms with Crippen molar-refractivity contribution in [2.75, 3.05) is 6.61 Å². The molecule has 1 heterocycles. The van der Waals surface area contributed by atoms with Crippen molar-refractivity contribution in [2.45, 2.75) is 6.92 Å². The van der Waals surface area contributed by atoms with Crippen molar-refractivity contribution in [3.63, 3.8) is 0 Å². The molecule has 0 amide bonds. The molecule has 0 saturated heterocycles. The van der Waals surface area contributed by atoms with Gasteiger partial charge in [0.1, 0.15) is 11.6 Å². The molecule has 0 bridgehead atoms. The Morgan fingerprint density at radius 2 is 2.15 bits per heavy atom. The predicted molar refractivity (Wildman–Crippen MR) is 67.7 cm³/mol. The first-order valence-corrected chi connectivity index (χ1v) is 5.87. The third kappa shape index (κ3) is 3.28. The van der Waals surface area contributed by atoms with Crippen LogP contribution in [-0.2, 0) is 4.74 Å². The quantitative estimate of drug-likeness (QED) is 0.806. The molecule has 0 aliphatic rings. The summed E-state index contributed by atoms with van der Waals surface area (Å²) >= 11 is 0. The molecule has 0 unspecified atom stereocenters. The second-order valence-electron chi connectivity index (χ2n) is 3.83. The van der Waals surface area contributed by atoms with Crippen molar-refractivity contribution in [1.29, 1.82) is 0 Å². The third-order valence-electron chi connectivity index (χ3n) is 2.40. The molecule has 0 aliphatic heterocycles. The van der Waals surface area contributed by atoms with E-state index >= 15 is 0 Å². The fourth-order valence-corrected chi connectivity index (χ4v) is 1.48. The Kier molecular flexibility index (Phi) is 4.24. The molecule has 0 saturated carbocycles. The average molecular weight is 279 g/mol. The fourth-order valence-electron chi connectivity index (χ4n) is 1.48. The van der Waals surface area contributed by atoms with Gasteiger partial charge in [-0.3, -0.25) is 0 Å². The van der Waals surface area contributed by atoms with E-state index in [0.717, 1.165) is 12.1 Å². The van der Waals surface area contributed by atoms with Crippen LogP contribution >= 0.6 is 0 Å². The molecule has 2 aromatic rings. The molecule has 1 aromatic heterocycles. The van der Waals surface area contributed by atoms with Crippen LogP contribution in [0.1, 0.15) is 28.7 Å². The van der Waals surface area contributed by atoms with Gasteiger partial charge < -0.3 is 9.26 Å². The van der Waals surface area contributed by atoms with Crippen LogP contribution in [0.2, 0.25) is 0 Å². The van der Waals surface area contributed by atoms with Crippen LogP contribution in [0.5, 0.6) is 0 Å². The smallest absolute Gasteiger partial charge is 0.360 e. The molecule has 2 rings (SSSR count). The summed E-state index contributed by atoms with van der Waals surface area (Å²) in [6, 6.07) is 4.59. The minimum Gasteiger partial charge on any atom is -0.461 e. The summed E-state index contributed by atoms with van der Waals surface area (Å²) < 4.78 is 35.7. The van der Waals surface area contributed by atoms with Gasteiger partial charge in [-0.05, 0) is 31.2 Å². The van der Waals surface area contributed by atoms with E-state index in [1.807, 2.05) is 0 Å². The minimum absolute atomic E-state index is 0.0334. The lowest BCUT2D eigenvalue weighted by Gasteiger charge is -1.95. The van der Waals surface area contributed by atoms with Gasteiger partial charge in [-0.25, -0.2) is 13.6 Å². The van der Waals surface area contributed by atoms with E-state index in [9.17, 15) is 13.6 Å². The van der Waals surface area contributed by atoms with Crippen molar-refractivity contribution in [3.05, 3.63) is 52.9 Å². The van der Waals surface area contributed by atoms with Crippen molar-refractivity contribution in [1.82, 2.24) is 5.16 Å². The normalized spacial score (nSPS) is 10.9. The minimum atomic E-state index is -0.689. The largest absolute Gasteiger partial charge is 0.461 e. The van der Waals surface area contributed by atoms with Crippen LogP contribution in [0, 0.1) is 11.6 Å². The number of carbonyl (C=O) groups is 1. The topological polar surface area (TPSA) is 52.3 Å². The Bertz CT molecular complexity index is 650. The van der Waals surface area contributed by atoms with Crippen LogP contribution in [0.3, 0.4) is 0 Å². The van der Waals surface area contributed by atoms with Gasteiger partial charge in [0.2, 0.25) is 0 Å². The van der Waals surface area contributed by atoms with Gasteiger partial charge in [-0.15, -0.1) is 0 Å². The lowest BCUT2D eigenvalue weighted by molar-refractivity contribution is 0.0514. The van der Waals surface area contributed by atoms with Crippen molar-refractivity contribution in [3.8, 4) is 0 Å². The second-order valence-corrected chi connectivity index (χ2v) is 3.83. The Balaban J connectivity index is 2.13. The molecule has 0 radical (unpaired) electrons. The first kappa shape index (κ1) is 13.9. The number of hydrogen-bond acceptors (Lipinski definition) is 4. The molecular formula is C14H11F2NO3. The number of ether oxygens (including phenoxy) is 1. The summed E-state index contributed by atoms with van der Waals surface area (Å²) in [5.41, 5.74) is 0.228. The van der Waals surface area contributed by atoms with Gasteiger partial charge >= 0.3 is 5.97 Å². The number of hydrogen-bond donors (Lipinski definition) is 0. The van der Waals surface area contributed by atoms with Crippen molar-refractivity contribution in [2.24, 2.45) is 0 Å². The van der Waals surface area contributed by atoms with E-state index in [1.165, 1.54) is 24.3 Å². The summed E-state index contributed by atoms with van der Waals surface area (Å²) in [4.78, 5) is 11.4. The van der Waals surface area contributed by atoms with Crippen LogP contribution in [0.15, 0.2) is 28.8 Å². The van der Waals surface area contributed by atoms with Crippen LogP contribution < -0.4 is 0 Å². The third-order valence-corrected chi connectivity index (χ3v) is 2.40. The summed E-state index contributed by atoms with van der Waals surface area (Å²) in [6.45, 7) is 1.91. The molecule has 104 valence electrons. The Hall–Kier alpha value is -2.50. The van der Waals surface area contributed by atoms with Gasteiger partial charge in [0.15, 0.2) is 11.5 Å². The first-order valence-electron chi connectivity index (χ1n) is 5.87. The zero-order chi connectivity index (χ0) is 14.5. The summed E-state index contributed by atoms with van der Waals surface area (Å²) in [6.07, 6.45) is 2.82. The van der Waals surface area contributed by atoms with Crippen LogP contribution in [0.4, 0.5) is 8.78 Å². The number of aromatic nitrogens is 1. The van der Waals surface area contributed by atoms with Crippen molar-refractivity contribution >= 4 is 18.1 Å². The maximum absolute atomic E-state index is 13.4. The van der Waals surface area contributed by atoms with Crippen LogP contribution in [0.25, 0.3) is 12.2 Å². The molecule has 20 heavy (non-hydrogen) atoms. The molecule has 0 spiro atoms. The number of carbonyl (C=O) groups excluding carboxylic acids is 1. The first-order chi connectivity index (χ1) is 9.60. The number of benzene rings is 1. The molecule has 0 fully saturated rings. The maximum atomic E-state index is 13.4. The van der Waals surface area contributed by atoms with Gasteiger partial charge in [0.05, 0.1) is 6.61 Å². The van der Waals surface area contributed by atoms with E-state index in [1.54, 1.807) is 6.92 Å². The number of rotatable bonds is 4. The zero-order valence-electron chi connectivity index (χ0n) is 10.6. The van der Waals surface area contributed by atoms with E-state index in [4.69, 9.17) is 9.26 Å². The Morgan fingerprint density at radius 1 is 1.35 bits per heavy atom. The molecule has 0 N–H and O–H groups in total. The fraction of sp³-hybridized carbons (Fsp3) is 0.143. The Labute approximate surface area is 113 Å². The molecule has 6 heteroatoms. The SMILES string of the molecule is CCOC(=O)c1cc(/C=C/c2ccc(F)cc2F)on1. The molecule has 4 nitrogen and oxygen atoms in total. The standard InChI is InChI=1S/C14H11F2NO3/c1-2-19-14(18)13-8-11(20-17-13)6-4-9-3-5-10(15)7-12(9)16/h3-8H,2H2,1H3/b6-4+. The molecule has 1 aromatic carbocycles. The summed E-state index contributed by atoms with van der Waals surface area (Å²) in [5, 5.41) is 3.53. The van der Waals surface area contributed by atoms with E-state index in [2.05, 4.69) is 5.16 Å². The highest BCUT2D eigenvalue weighted by Crippen LogP contribution is 2.14. The highest BCUT2D eigenvalue weighted by Gasteiger charge is 2.12. The molecule has 0 atom stereocenters. The lowest BCUT2D eigenvalue weighted by atomic mass is 10.2. The second kappa shape index (κ2) is 6.10. The van der Waals surface area contributed by atoms with Gasteiger partial charge in [0, 0.05) is 17.7 Å². The number of halogens is 2. The van der Waals surface area contributed by atoms with E-state index < -0.39 is 17.6 Å². The predicted octanol–water partition coefficient (Wildman–Crippen LogP) is 3.30. The summed E-state index contributed by atoms with van der Waals surface area (Å²) in [5.74, 6) is -1.67. The van der Waals surface area contributed by atoms with E-state index in [0.29, 0.717) is 0 Å². The monoisotopic (exact) mass is 279 g/mol. The highest BCUT2D eigenvalue weighted by molar-refractivity contribution is 5.87. The number of nitrogens with zero attached hydrogens (tertiary/aromatic N) is 1. The van der Waals surface area contributed by atoms with Gasteiger partial charge in [0.25, 0.3) is 0 Å². The number of esters is 1. The maximum Gasteiger partial charge on any atom is 0.360 e. The van der Waals surface area contributed by atoms with Gasteiger partial charge in [-0.1, -0.05) is 5.16 Å². The van der Waals surface area contributed by atoms with Crippen molar-refractivity contribution < 1.29 is 22.8 Å². The molecular weight excluding hydrogens is 268 g/mol.